The highest BCUT2D eigenvalue weighted by Gasteiger charge is 2.40. The van der Waals surface area contributed by atoms with E-state index in [1.807, 2.05) is 49.4 Å². The normalized spacial score (nSPS) is 21.5. The minimum absolute atomic E-state index is 0.00527. The lowest BCUT2D eigenvalue weighted by Crippen LogP contribution is -2.58. The molecule has 0 saturated carbocycles. The molecule has 2 fully saturated rings. The van der Waals surface area contributed by atoms with E-state index in [9.17, 15) is 14.4 Å². The highest BCUT2D eigenvalue weighted by atomic mass is 16.5. The van der Waals surface area contributed by atoms with Gasteiger partial charge in [-0.15, -0.1) is 0 Å². The Labute approximate surface area is 181 Å². The van der Waals surface area contributed by atoms with Crippen LogP contribution in [0, 0.1) is 5.92 Å². The molecule has 3 heterocycles. The molecule has 0 unspecified atom stereocenters. The predicted molar refractivity (Wildman–Crippen MR) is 114 cm³/mol. The van der Waals surface area contributed by atoms with Crippen LogP contribution in [-0.2, 0) is 20.9 Å². The summed E-state index contributed by atoms with van der Waals surface area (Å²) in [5.74, 6) is -0.0937. The molecule has 31 heavy (non-hydrogen) atoms. The van der Waals surface area contributed by atoms with Gasteiger partial charge < -0.3 is 19.4 Å². The Hall–Kier alpha value is -3.42. The molecule has 0 bridgehead atoms. The lowest BCUT2D eigenvalue weighted by atomic mass is 10.0. The molecule has 2 aliphatic rings. The van der Waals surface area contributed by atoms with E-state index in [4.69, 9.17) is 4.74 Å². The number of benzene rings is 1. The maximum Gasteiger partial charge on any atom is 0.246 e. The summed E-state index contributed by atoms with van der Waals surface area (Å²) in [5.41, 5.74) is 1.54. The molecule has 0 spiro atoms. The van der Waals surface area contributed by atoms with E-state index in [1.165, 1.54) is 0 Å². The number of hydrogen-bond donors (Lipinski definition) is 0. The number of likely N-dealkylation sites (tertiary alicyclic amines) is 1. The molecule has 4 rings (SSSR count). The van der Waals surface area contributed by atoms with Gasteiger partial charge in [0.2, 0.25) is 17.7 Å². The zero-order chi connectivity index (χ0) is 22.0. The van der Waals surface area contributed by atoms with Crippen LogP contribution >= 0.6 is 0 Å². The van der Waals surface area contributed by atoms with E-state index >= 15 is 0 Å². The fourth-order valence-corrected chi connectivity index (χ4v) is 4.31. The fraction of sp³-hybridized carbons (Fsp3) is 0.391. The lowest BCUT2D eigenvalue weighted by molar-refractivity contribution is -0.141. The van der Waals surface area contributed by atoms with Gasteiger partial charge in [0.1, 0.15) is 12.3 Å². The number of carbonyl (C=O) groups excluding carboxylic acids is 3. The maximum absolute atomic E-state index is 13.1. The Morgan fingerprint density at radius 1 is 1.13 bits per heavy atom. The largest absolute Gasteiger partial charge is 0.497 e. The van der Waals surface area contributed by atoms with E-state index in [-0.39, 0.29) is 36.7 Å². The molecule has 2 atom stereocenters. The molecule has 8 nitrogen and oxygen atoms in total. The molecule has 162 valence electrons. The van der Waals surface area contributed by atoms with Gasteiger partial charge in [0.05, 0.1) is 31.3 Å². The third-order valence-electron chi connectivity index (χ3n) is 5.81. The molecule has 0 radical (unpaired) electrons. The fourth-order valence-electron chi connectivity index (χ4n) is 4.31. The Kier molecular flexibility index (Phi) is 5.88. The average Bonchev–Trinajstić information content (AvgIpc) is 3.13. The number of piperazine rings is 1. The van der Waals surface area contributed by atoms with Gasteiger partial charge in [0.25, 0.3) is 0 Å². The Bertz CT molecular complexity index is 981. The van der Waals surface area contributed by atoms with Gasteiger partial charge in [-0.25, -0.2) is 0 Å². The first-order valence-electron chi connectivity index (χ1n) is 10.4. The number of nitrogens with zero attached hydrogens (tertiary/aromatic N) is 4. The maximum atomic E-state index is 13.1. The minimum atomic E-state index is -0.431. The van der Waals surface area contributed by atoms with Crippen LogP contribution in [0.2, 0.25) is 0 Å². The van der Waals surface area contributed by atoms with Crippen LogP contribution < -0.4 is 9.64 Å². The molecule has 3 amide bonds. The van der Waals surface area contributed by atoms with Crippen molar-refractivity contribution in [1.82, 2.24) is 14.8 Å². The van der Waals surface area contributed by atoms with Gasteiger partial charge in [0.15, 0.2) is 0 Å². The molecule has 8 heteroatoms. The first-order valence-corrected chi connectivity index (χ1v) is 10.4. The second-order valence-electron chi connectivity index (χ2n) is 8.03. The molecule has 2 aromatic rings. The second kappa shape index (κ2) is 8.75. The van der Waals surface area contributed by atoms with Crippen LogP contribution in [0.1, 0.15) is 19.0 Å². The number of hydrogen-bond acceptors (Lipinski definition) is 5. The molecular formula is C23H26N4O4. The summed E-state index contributed by atoms with van der Waals surface area (Å²) in [7, 11) is 1.58. The Morgan fingerprint density at radius 3 is 2.68 bits per heavy atom. The SMILES string of the molecule is COc1cccc(N2C(=O)CN(C(=O)[C@H]3CC(=O)N(Cc4ccccn4)C3)C[C@@H]2C)c1. The van der Waals surface area contributed by atoms with Crippen LogP contribution in [0.25, 0.3) is 0 Å². The first-order chi connectivity index (χ1) is 15.0. The first kappa shape index (κ1) is 20.8. The zero-order valence-corrected chi connectivity index (χ0v) is 17.7. The number of anilines is 1. The zero-order valence-electron chi connectivity index (χ0n) is 17.7. The lowest BCUT2D eigenvalue weighted by Gasteiger charge is -2.40. The summed E-state index contributed by atoms with van der Waals surface area (Å²) < 4.78 is 5.26. The number of amides is 3. The molecule has 2 aliphatic heterocycles. The van der Waals surface area contributed by atoms with Crippen molar-refractivity contribution in [2.24, 2.45) is 5.92 Å². The van der Waals surface area contributed by atoms with E-state index < -0.39 is 5.92 Å². The van der Waals surface area contributed by atoms with E-state index in [0.717, 1.165) is 11.4 Å². The van der Waals surface area contributed by atoms with Crippen LogP contribution in [-0.4, -0.2) is 65.3 Å². The van der Waals surface area contributed by atoms with Gasteiger partial charge in [-0.2, -0.15) is 0 Å². The van der Waals surface area contributed by atoms with Gasteiger partial charge in [-0.1, -0.05) is 12.1 Å². The van der Waals surface area contributed by atoms with Crippen molar-refractivity contribution in [2.45, 2.75) is 25.9 Å². The van der Waals surface area contributed by atoms with Crippen LogP contribution in [0.5, 0.6) is 5.75 Å². The molecule has 0 aliphatic carbocycles. The number of pyridine rings is 1. The average molecular weight is 422 g/mol. The van der Waals surface area contributed by atoms with Gasteiger partial charge in [0, 0.05) is 37.5 Å². The van der Waals surface area contributed by atoms with Crippen molar-refractivity contribution >= 4 is 23.4 Å². The van der Waals surface area contributed by atoms with Crippen LogP contribution in [0.3, 0.4) is 0 Å². The number of methoxy groups -OCH3 is 1. The van der Waals surface area contributed by atoms with Crippen molar-refractivity contribution in [3.63, 3.8) is 0 Å². The Morgan fingerprint density at radius 2 is 1.97 bits per heavy atom. The summed E-state index contributed by atoms with van der Waals surface area (Å²) in [6.07, 6.45) is 1.86. The monoisotopic (exact) mass is 422 g/mol. The highest BCUT2D eigenvalue weighted by Crippen LogP contribution is 2.27. The minimum Gasteiger partial charge on any atom is -0.497 e. The summed E-state index contributed by atoms with van der Waals surface area (Å²) in [6, 6.07) is 12.7. The number of carbonyl (C=O) groups is 3. The Balaban J connectivity index is 1.41. The molecule has 1 aromatic heterocycles. The topological polar surface area (TPSA) is 83.0 Å². The molecule has 2 saturated heterocycles. The molecule has 0 N–H and O–H groups in total. The number of ether oxygens (including phenoxy) is 1. The van der Waals surface area contributed by atoms with Crippen molar-refractivity contribution < 1.29 is 19.1 Å². The standard InChI is InChI=1S/C23H26N4O4/c1-16-12-26(15-22(29)27(16)19-7-5-8-20(11-19)31-2)23(30)17-10-21(28)25(13-17)14-18-6-3-4-9-24-18/h3-9,11,16-17H,10,12-15H2,1-2H3/t16-,17-/m0/s1. The van der Waals surface area contributed by atoms with Crippen molar-refractivity contribution in [2.75, 3.05) is 31.6 Å². The second-order valence-corrected chi connectivity index (χ2v) is 8.03. The molecule has 1 aromatic carbocycles. The summed E-state index contributed by atoms with van der Waals surface area (Å²) >= 11 is 0. The summed E-state index contributed by atoms with van der Waals surface area (Å²) in [5, 5.41) is 0. The van der Waals surface area contributed by atoms with Crippen molar-refractivity contribution in [1.29, 1.82) is 0 Å². The van der Waals surface area contributed by atoms with Crippen LogP contribution in [0.4, 0.5) is 5.69 Å². The van der Waals surface area contributed by atoms with Gasteiger partial charge in [-0.3, -0.25) is 19.4 Å². The summed E-state index contributed by atoms with van der Waals surface area (Å²) in [4.78, 5) is 47.7. The third-order valence-corrected chi connectivity index (χ3v) is 5.81. The molecular weight excluding hydrogens is 396 g/mol. The van der Waals surface area contributed by atoms with Crippen molar-refractivity contribution in [3.05, 3.63) is 54.4 Å². The van der Waals surface area contributed by atoms with E-state index in [1.54, 1.807) is 28.0 Å². The number of rotatable bonds is 5. The third kappa shape index (κ3) is 4.38. The highest BCUT2D eigenvalue weighted by molar-refractivity contribution is 5.99. The number of aromatic nitrogens is 1. The predicted octanol–water partition coefficient (Wildman–Crippen LogP) is 1.70. The smallest absolute Gasteiger partial charge is 0.246 e. The van der Waals surface area contributed by atoms with E-state index in [0.29, 0.717) is 25.4 Å². The van der Waals surface area contributed by atoms with Crippen molar-refractivity contribution in [3.8, 4) is 5.75 Å². The van der Waals surface area contributed by atoms with E-state index in [2.05, 4.69) is 4.98 Å². The van der Waals surface area contributed by atoms with Gasteiger partial charge >= 0.3 is 0 Å². The van der Waals surface area contributed by atoms with Crippen LogP contribution in [0.15, 0.2) is 48.7 Å². The quantitative estimate of drug-likeness (QED) is 0.733. The summed E-state index contributed by atoms with van der Waals surface area (Å²) in [6.45, 7) is 3.09. The van der Waals surface area contributed by atoms with Gasteiger partial charge in [-0.05, 0) is 31.2 Å².